The monoisotopic (exact) mass is 327 g/mol. The van der Waals surface area contributed by atoms with Crippen LogP contribution < -0.4 is 5.56 Å². The van der Waals surface area contributed by atoms with Crippen molar-refractivity contribution >= 4 is 16.8 Å². The van der Waals surface area contributed by atoms with Crippen LogP contribution in [0.5, 0.6) is 0 Å². The Labute approximate surface area is 142 Å². The second-order valence-electron chi connectivity index (χ2n) is 7.53. The summed E-state index contributed by atoms with van der Waals surface area (Å²) in [6, 6.07) is 9.79. The van der Waals surface area contributed by atoms with Crippen LogP contribution in [0.2, 0.25) is 0 Å². The number of fused-ring (bicyclic) bond motifs is 1. The number of hydrogen-bond donors (Lipinski definition) is 1. The lowest BCUT2D eigenvalue weighted by Crippen LogP contribution is -2.51. The molecule has 1 aromatic carbocycles. The molecule has 5 heteroatoms. The lowest BCUT2D eigenvalue weighted by molar-refractivity contribution is -0.141. The van der Waals surface area contributed by atoms with Crippen LogP contribution in [0.25, 0.3) is 10.9 Å². The van der Waals surface area contributed by atoms with Gasteiger partial charge in [-0.05, 0) is 17.5 Å². The Morgan fingerprint density at radius 1 is 1.12 bits per heavy atom. The molecule has 0 saturated carbocycles. The molecule has 1 aromatic heterocycles. The van der Waals surface area contributed by atoms with Crippen molar-refractivity contribution in [2.75, 3.05) is 26.2 Å². The van der Waals surface area contributed by atoms with E-state index < -0.39 is 0 Å². The first-order valence-corrected chi connectivity index (χ1v) is 8.47. The van der Waals surface area contributed by atoms with Gasteiger partial charge in [-0.1, -0.05) is 39.0 Å². The highest BCUT2D eigenvalue weighted by molar-refractivity contribution is 5.81. The number of pyridine rings is 1. The number of nitrogens with one attached hydrogen (secondary N) is 1. The summed E-state index contributed by atoms with van der Waals surface area (Å²) in [4.78, 5) is 31.7. The van der Waals surface area contributed by atoms with E-state index in [1.54, 1.807) is 0 Å². The quantitative estimate of drug-likeness (QED) is 0.920. The van der Waals surface area contributed by atoms with Gasteiger partial charge in [-0.2, -0.15) is 0 Å². The van der Waals surface area contributed by atoms with E-state index in [2.05, 4.69) is 9.88 Å². The molecule has 1 N–H and O–H groups in total. The van der Waals surface area contributed by atoms with Gasteiger partial charge in [-0.25, -0.2) is 0 Å². The Morgan fingerprint density at radius 2 is 1.79 bits per heavy atom. The van der Waals surface area contributed by atoms with Gasteiger partial charge in [-0.3, -0.25) is 14.5 Å². The Morgan fingerprint density at radius 3 is 2.46 bits per heavy atom. The number of carbonyl (C=O) groups is 1. The molecule has 1 aliphatic heterocycles. The van der Waals surface area contributed by atoms with Gasteiger partial charge in [0.25, 0.3) is 5.56 Å². The SMILES string of the molecule is CC(C)(C)C(=O)N1CCN(Cc2cc3ccccc3[nH]c2=O)CC1. The molecular weight excluding hydrogens is 302 g/mol. The van der Waals surface area contributed by atoms with Crippen LogP contribution in [0.4, 0.5) is 0 Å². The number of carbonyl (C=O) groups excluding carboxylic acids is 1. The first-order valence-electron chi connectivity index (χ1n) is 8.47. The summed E-state index contributed by atoms with van der Waals surface area (Å²) in [5.74, 6) is 0.200. The van der Waals surface area contributed by atoms with Crippen LogP contribution in [0.15, 0.2) is 35.1 Å². The molecule has 5 nitrogen and oxygen atoms in total. The van der Waals surface area contributed by atoms with E-state index in [9.17, 15) is 9.59 Å². The van der Waals surface area contributed by atoms with Crippen molar-refractivity contribution in [2.45, 2.75) is 27.3 Å². The summed E-state index contributed by atoms with van der Waals surface area (Å²) in [6.07, 6.45) is 0. The third kappa shape index (κ3) is 3.51. The van der Waals surface area contributed by atoms with Crippen LogP contribution in [0, 0.1) is 5.41 Å². The predicted octanol–water partition coefficient (Wildman–Crippen LogP) is 2.22. The second kappa shape index (κ2) is 6.40. The molecule has 0 aliphatic carbocycles. The number of nitrogens with zero attached hydrogens (tertiary/aromatic N) is 2. The fourth-order valence-corrected chi connectivity index (χ4v) is 3.13. The fraction of sp³-hybridized carbons (Fsp3) is 0.474. The van der Waals surface area contributed by atoms with E-state index in [1.165, 1.54) is 0 Å². The average molecular weight is 327 g/mol. The number of aromatic nitrogens is 1. The molecule has 1 amide bonds. The molecule has 3 rings (SSSR count). The number of amides is 1. The Bertz CT molecular complexity index is 796. The number of H-pyrrole nitrogens is 1. The van der Waals surface area contributed by atoms with Gasteiger partial charge in [0.15, 0.2) is 0 Å². The third-order valence-corrected chi connectivity index (χ3v) is 4.53. The summed E-state index contributed by atoms with van der Waals surface area (Å²) in [5, 5.41) is 1.05. The standard InChI is InChI=1S/C19H25N3O2/c1-19(2,3)18(24)22-10-8-21(9-11-22)13-15-12-14-6-4-5-7-16(14)20-17(15)23/h4-7,12H,8-11,13H2,1-3H3,(H,20,23). The second-order valence-corrected chi connectivity index (χ2v) is 7.53. The summed E-state index contributed by atoms with van der Waals surface area (Å²) >= 11 is 0. The number of piperazine rings is 1. The lowest BCUT2D eigenvalue weighted by atomic mass is 9.94. The maximum absolute atomic E-state index is 12.3. The fourth-order valence-electron chi connectivity index (χ4n) is 3.13. The predicted molar refractivity (Wildman–Crippen MR) is 95.9 cm³/mol. The molecule has 1 saturated heterocycles. The van der Waals surface area contributed by atoms with Gasteiger partial charge in [0.05, 0.1) is 0 Å². The van der Waals surface area contributed by atoms with Crippen molar-refractivity contribution in [1.29, 1.82) is 0 Å². The molecule has 2 heterocycles. The number of hydrogen-bond acceptors (Lipinski definition) is 3. The molecule has 0 unspecified atom stereocenters. The first kappa shape index (κ1) is 16.7. The number of aromatic amines is 1. The maximum Gasteiger partial charge on any atom is 0.252 e. The normalized spacial score (nSPS) is 16.5. The van der Waals surface area contributed by atoms with Crippen molar-refractivity contribution < 1.29 is 4.79 Å². The van der Waals surface area contributed by atoms with Crippen LogP contribution in [-0.4, -0.2) is 46.9 Å². The highest BCUT2D eigenvalue weighted by Gasteiger charge is 2.29. The highest BCUT2D eigenvalue weighted by atomic mass is 16.2. The third-order valence-electron chi connectivity index (χ3n) is 4.53. The molecule has 2 aromatic rings. The van der Waals surface area contributed by atoms with E-state index >= 15 is 0 Å². The Kier molecular flexibility index (Phi) is 4.45. The minimum atomic E-state index is -0.336. The van der Waals surface area contributed by atoms with Gasteiger partial charge >= 0.3 is 0 Å². The van der Waals surface area contributed by atoms with Crippen LogP contribution in [0.1, 0.15) is 26.3 Å². The zero-order valence-electron chi connectivity index (χ0n) is 14.6. The van der Waals surface area contributed by atoms with Crippen molar-refractivity contribution in [3.63, 3.8) is 0 Å². The smallest absolute Gasteiger partial charge is 0.252 e. The largest absolute Gasteiger partial charge is 0.340 e. The van der Waals surface area contributed by atoms with E-state index in [4.69, 9.17) is 0 Å². The van der Waals surface area contributed by atoms with Crippen LogP contribution in [0.3, 0.4) is 0 Å². The molecule has 0 spiro atoms. The van der Waals surface area contributed by atoms with Crippen molar-refractivity contribution in [3.8, 4) is 0 Å². The van der Waals surface area contributed by atoms with Gasteiger partial charge in [-0.15, -0.1) is 0 Å². The summed E-state index contributed by atoms with van der Waals surface area (Å²) in [6.45, 7) is 9.53. The highest BCUT2D eigenvalue weighted by Crippen LogP contribution is 2.19. The Balaban J connectivity index is 1.67. The van der Waals surface area contributed by atoms with Crippen molar-refractivity contribution in [3.05, 3.63) is 46.2 Å². The molecule has 0 atom stereocenters. The summed E-state index contributed by atoms with van der Waals surface area (Å²) in [7, 11) is 0. The number of benzene rings is 1. The molecule has 0 bridgehead atoms. The zero-order valence-corrected chi connectivity index (χ0v) is 14.6. The van der Waals surface area contributed by atoms with E-state index in [1.807, 2.05) is 56.0 Å². The summed E-state index contributed by atoms with van der Waals surface area (Å²) < 4.78 is 0. The molecule has 0 radical (unpaired) electrons. The van der Waals surface area contributed by atoms with E-state index in [-0.39, 0.29) is 16.9 Å². The van der Waals surface area contributed by atoms with Crippen molar-refractivity contribution in [1.82, 2.24) is 14.8 Å². The molecule has 128 valence electrons. The maximum atomic E-state index is 12.3. The topological polar surface area (TPSA) is 56.4 Å². The number of para-hydroxylation sites is 1. The molecule has 1 fully saturated rings. The zero-order chi connectivity index (χ0) is 17.3. The van der Waals surface area contributed by atoms with Crippen LogP contribution >= 0.6 is 0 Å². The Hall–Kier alpha value is -2.14. The van der Waals surface area contributed by atoms with E-state index in [0.29, 0.717) is 6.54 Å². The minimum Gasteiger partial charge on any atom is -0.340 e. The van der Waals surface area contributed by atoms with Gasteiger partial charge in [0, 0.05) is 49.2 Å². The van der Waals surface area contributed by atoms with E-state index in [0.717, 1.165) is 42.6 Å². The van der Waals surface area contributed by atoms with Crippen molar-refractivity contribution in [2.24, 2.45) is 5.41 Å². The van der Waals surface area contributed by atoms with Crippen LogP contribution in [-0.2, 0) is 11.3 Å². The summed E-state index contributed by atoms with van der Waals surface area (Å²) in [5.41, 5.74) is 1.29. The molecular formula is C19H25N3O2. The van der Waals surface area contributed by atoms with Gasteiger partial charge in [0.2, 0.25) is 5.91 Å². The average Bonchev–Trinajstić information content (AvgIpc) is 2.55. The molecule has 1 aliphatic rings. The lowest BCUT2D eigenvalue weighted by Gasteiger charge is -2.37. The molecule has 24 heavy (non-hydrogen) atoms. The minimum absolute atomic E-state index is 0.0260. The van der Waals surface area contributed by atoms with Gasteiger partial charge in [0.1, 0.15) is 0 Å². The first-order chi connectivity index (χ1) is 11.3. The van der Waals surface area contributed by atoms with Gasteiger partial charge < -0.3 is 9.88 Å². The number of rotatable bonds is 2.